The van der Waals surface area contributed by atoms with Crippen molar-refractivity contribution < 1.29 is 0 Å². The molecule has 0 amide bonds. The second-order valence-electron chi connectivity index (χ2n) is 5.68. The zero-order valence-corrected chi connectivity index (χ0v) is 12.9. The van der Waals surface area contributed by atoms with Gasteiger partial charge in [0, 0.05) is 24.3 Å². The van der Waals surface area contributed by atoms with Gasteiger partial charge in [-0.15, -0.1) is 11.3 Å². The number of nitrogens with one attached hydrogen (secondary N) is 1. The largest absolute Gasteiger partial charge is 0.321 e. The van der Waals surface area contributed by atoms with Crippen molar-refractivity contribution in [2.45, 2.75) is 39.8 Å². The number of imidazole rings is 1. The van der Waals surface area contributed by atoms with Gasteiger partial charge in [0.05, 0.1) is 17.6 Å². The van der Waals surface area contributed by atoms with Gasteiger partial charge >= 0.3 is 0 Å². The van der Waals surface area contributed by atoms with Crippen molar-refractivity contribution in [3.8, 4) is 0 Å². The Labute approximate surface area is 118 Å². The van der Waals surface area contributed by atoms with E-state index in [9.17, 15) is 0 Å². The predicted octanol–water partition coefficient (Wildman–Crippen LogP) is 2.87. The second kappa shape index (κ2) is 5.84. The molecule has 0 atom stereocenters. The Kier molecular flexibility index (Phi) is 4.37. The lowest BCUT2D eigenvalue weighted by atomic mass is 10.1. The Balaban J connectivity index is 2.15. The third-order valence-corrected chi connectivity index (χ3v) is 4.22. The molecule has 0 unspecified atom stereocenters. The monoisotopic (exact) mass is 278 g/mol. The van der Waals surface area contributed by atoms with Gasteiger partial charge in [-0.1, -0.05) is 13.8 Å². The SMILES string of the molecule is CC(C)CNCc1cncn1C(C)(C)c1nccs1. The first-order valence-electron chi connectivity index (χ1n) is 6.64. The zero-order chi connectivity index (χ0) is 13.9. The molecule has 0 fully saturated rings. The number of nitrogens with zero attached hydrogens (tertiary/aromatic N) is 3. The van der Waals surface area contributed by atoms with E-state index in [0.717, 1.165) is 18.1 Å². The molecule has 4 nitrogen and oxygen atoms in total. The van der Waals surface area contributed by atoms with Crippen LogP contribution in [0.3, 0.4) is 0 Å². The molecule has 0 aliphatic rings. The second-order valence-corrected chi connectivity index (χ2v) is 6.57. The fraction of sp³-hybridized carbons (Fsp3) is 0.571. The molecule has 5 heteroatoms. The summed E-state index contributed by atoms with van der Waals surface area (Å²) in [5, 5.41) is 6.59. The van der Waals surface area contributed by atoms with Crippen LogP contribution in [0.5, 0.6) is 0 Å². The molecule has 2 rings (SSSR count). The summed E-state index contributed by atoms with van der Waals surface area (Å²) in [7, 11) is 0. The Morgan fingerprint density at radius 3 is 2.84 bits per heavy atom. The molecular formula is C14H22N4S. The minimum Gasteiger partial charge on any atom is -0.321 e. The standard InChI is InChI=1S/C14H22N4S/c1-11(2)7-15-8-12-9-16-10-18(12)14(3,4)13-17-5-6-19-13/h5-6,9-11,15H,7-8H2,1-4H3. The van der Waals surface area contributed by atoms with E-state index >= 15 is 0 Å². The maximum absolute atomic E-state index is 4.44. The van der Waals surface area contributed by atoms with Crippen LogP contribution in [0, 0.1) is 5.92 Å². The van der Waals surface area contributed by atoms with E-state index in [2.05, 4.69) is 47.5 Å². The first kappa shape index (κ1) is 14.2. The Morgan fingerprint density at radius 2 is 2.21 bits per heavy atom. The van der Waals surface area contributed by atoms with E-state index in [1.807, 2.05) is 24.1 Å². The topological polar surface area (TPSA) is 42.7 Å². The molecule has 19 heavy (non-hydrogen) atoms. The lowest BCUT2D eigenvalue weighted by Crippen LogP contribution is -2.30. The first-order chi connectivity index (χ1) is 9.01. The lowest BCUT2D eigenvalue weighted by molar-refractivity contribution is 0.411. The Bertz CT molecular complexity index is 499. The van der Waals surface area contributed by atoms with Crippen molar-refractivity contribution in [3.05, 3.63) is 34.8 Å². The normalized spacial score (nSPS) is 12.3. The van der Waals surface area contributed by atoms with Gasteiger partial charge in [0.25, 0.3) is 0 Å². The van der Waals surface area contributed by atoms with E-state index < -0.39 is 0 Å². The summed E-state index contributed by atoms with van der Waals surface area (Å²) in [6, 6.07) is 0. The maximum Gasteiger partial charge on any atom is 0.118 e. The van der Waals surface area contributed by atoms with Crippen molar-refractivity contribution in [2.75, 3.05) is 6.54 Å². The summed E-state index contributed by atoms with van der Waals surface area (Å²) in [6.07, 6.45) is 5.69. The Hall–Kier alpha value is -1.20. The fourth-order valence-electron chi connectivity index (χ4n) is 2.07. The number of hydrogen-bond acceptors (Lipinski definition) is 4. The van der Waals surface area contributed by atoms with Crippen LogP contribution in [0.25, 0.3) is 0 Å². The van der Waals surface area contributed by atoms with Crippen molar-refractivity contribution in [1.82, 2.24) is 19.9 Å². The van der Waals surface area contributed by atoms with Crippen molar-refractivity contribution in [3.63, 3.8) is 0 Å². The summed E-state index contributed by atoms with van der Waals surface area (Å²) >= 11 is 1.69. The van der Waals surface area contributed by atoms with Gasteiger partial charge in [-0.3, -0.25) is 0 Å². The fourth-order valence-corrected chi connectivity index (χ4v) is 2.83. The number of aromatic nitrogens is 3. The third kappa shape index (κ3) is 3.22. The molecule has 2 aromatic rings. The van der Waals surface area contributed by atoms with E-state index in [1.54, 1.807) is 11.3 Å². The molecule has 0 radical (unpaired) electrons. The molecular weight excluding hydrogens is 256 g/mol. The van der Waals surface area contributed by atoms with Crippen LogP contribution in [0.1, 0.15) is 38.4 Å². The summed E-state index contributed by atoms with van der Waals surface area (Å²) in [6.45, 7) is 10.6. The van der Waals surface area contributed by atoms with E-state index in [0.29, 0.717) is 5.92 Å². The zero-order valence-electron chi connectivity index (χ0n) is 12.1. The molecule has 1 N–H and O–H groups in total. The van der Waals surface area contributed by atoms with Gasteiger partial charge in [-0.25, -0.2) is 9.97 Å². The molecule has 0 spiro atoms. The minimum absolute atomic E-state index is 0.153. The molecule has 0 aromatic carbocycles. The highest BCUT2D eigenvalue weighted by Gasteiger charge is 2.27. The van der Waals surface area contributed by atoms with Crippen LogP contribution in [-0.4, -0.2) is 21.1 Å². The van der Waals surface area contributed by atoms with Gasteiger partial charge in [0.1, 0.15) is 5.01 Å². The molecule has 2 heterocycles. The van der Waals surface area contributed by atoms with Crippen LogP contribution >= 0.6 is 11.3 Å². The van der Waals surface area contributed by atoms with Crippen LogP contribution in [0.4, 0.5) is 0 Å². The average molecular weight is 278 g/mol. The van der Waals surface area contributed by atoms with Gasteiger partial charge in [0.2, 0.25) is 0 Å². The van der Waals surface area contributed by atoms with Crippen molar-refractivity contribution in [2.24, 2.45) is 5.92 Å². The Morgan fingerprint density at radius 1 is 1.42 bits per heavy atom. The van der Waals surface area contributed by atoms with Gasteiger partial charge in [-0.05, 0) is 26.3 Å². The molecule has 0 saturated heterocycles. The highest BCUT2D eigenvalue weighted by molar-refractivity contribution is 7.09. The van der Waals surface area contributed by atoms with Crippen LogP contribution < -0.4 is 5.32 Å². The molecule has 0 saturated carbocycles. The highest BCUT2D eigenvalue weighted by Crippen LogP contribution is 2.28. The summed E-state index contributed by atoms with van der Waals surface area (Å²) < 4.78 is 2.21. The van der Waals surface area contributed by atoms with E-state index in [4.69, 9.17) is 0 Å². The molecule has 104 valence electrons. The smallest absolute Gasteiger partial charge is 0.118 e. The number of hydrogen-bond donors (Lipinski definition) is 1. The minimum atomic E-state index is -0.153. The maximum atomic E-state index is 4.44. The van der Waals surface area contributed by atoms with Gasteiger partial charge in [-0.2, -0.15) is 0 Å². The van der Waals surface area contributed by atoms with E-state index in [-0.39, 0.29) is 5.54 Å². The lowest BCUT2D eigenvalue weighted by Gasteiger charge is -2.26. The number of rotatable bonds is 6. The molecule has 0 aliphatic carbocycles. The summed E-state index contributed by atoms with van der Waals surface area (Å²) in [5.41, 5.74) is 1.04. The average Bonchev–Trinajstić information content (AvgIpc) is 2.99. The van der Waals surface area contributed by atoms with Crippen LogP contribution in [0.2, 0.25) is 0 Å². The quantitative estimate of drug-likeness (QED) is 0.883. The molecule has 2 aromatic heterocycles. The highest BCUT2D eigenvalue weighted by atomic mass is 32.1. The predicted molar refractivity (Wildman–Crippen MR) is 79.3 cm³/mol. The summed E-state index contributed by atoms with van der Waals surface area (Å²) in [4.78, 5) is 8.74. The third-order valence-electron chi connectivity index (χ3n) is 3.13. The molecule has 0 aliphatic heterocycles. The van der Waals surface area contributed by atoms with Crippen molar-refractivity contribution >= 4 is 11.3 Å². The first-order valence-corrected chi connectivity index (χ1v) is 7.52. The number of thiazole rings is 1. The van der Waals surface area contributed by atoms with Crippen LogP contribution in [0.15, 0.2) is 24.1 Å². The summed E-state index contributed by atoms with van der Waals surface area (Å²) in [5.74, 6) is 0.656. The van der Waals surface area contributed by atoms with Gasteiger partial charge < -0.3 is 9.88 Å². The van der Waals surface area contributed by atoms with Crippen LogP contribution in [-0.2, 0) is 12.1 Å². The molecule has 0 bridgehead atoms. The van der Waals surface area contributed by atoms with Gasteiger partial charge in [0.15, 0.2) is 0 Å². The van der Waals surface area contributed by atoms with E-state index in [1.165, 1.54) is 5.69 Å². The van der Waals surface area contributed by atoms with Crippen molar-refractivity contribution in [1.29, 1.82) is 0 Å².